The molecule has 29 heavy (non-hydrogen) atoms. The van der Waals surface area contributed by atoms with E-state index in [1.54, 1.807) is 41.3 Å². The molecule has 7 nitrogen and oxygen atoms in total. The van der Waals surface area contributed by atoms with Crippen molar-refractivity contribution < 1.29 is 9.32 Å². The monoisotopic (exact) mass is 407 g/mol. The third kappa shape index (κ3) is 4.39. The van der Waals surface area contributed by atoms with Gasteiger partial charge in [-0.25, -0.2) is 4.79 Å². The molecule has 2 aromatic carbocycles. The highest BCUT2D eigenvalue weighted by Gasteiger charge is 2.28. The lowest BCUT2D eigenvalue weighted by Gasteiger charge is -2.31. The number of benzene rings is 2. The summed E-state index contributed by atoms with van der Waals surface area (Å²) in [7, 11) is 0. The van der Waals surface area contributed by atoms with Gasteiger partial charge in [0.15, 0.2) is 0 Å². The Morgan fingerprint density at radius 3 is 2.90 bits per heavy atom. The van der Waals surface area contributed by atoms with Gasteiger partial charge in [0.1, 0.15) is 0 Å². The summed E-state index contributed by atoms with van der Waals surface area (Å²) >= 11 is 5.92. The van der Waals surface area contributed by atoms with Crippen molar-refractivity contribution in [1.29, 1.82) is 5.26 Å². The van der Waals surface area contributed by atoms with Gasteiger partial charge in [0, 0.05) is 29.4 Å². The van der Waals surface area contributed by atoms with Crippen molar-refractivity contribution in [2.24, 2.45) is 0 Å². The Balaban J connectivity index is 1.43. The van der Waals surface area contributed by atoms with E-state index in [0.717, 1.165) is 18.4 Å². The third-order valence-corrected chi connectivity index (χ3v) is 5.10. The number of amides is 2. The third-order valence-electron chi connectivity index (χ3n) is 4.84. The van der Waals surface area contributed by atoms with Crippen LogP contribution >= 0.6 is 11.6 Å². The van der Waals surface area contributed by atoms with Crippen molar-refractivity contribution >= 4 is 23.3 Å². The molecule has 0 saturated carbocycles. The zero-order valence-electron chi connectivity index (χ0n) is 15.5. The zero-order valence-corrected chi connectivity index (χ0v) is 16.3. The van der Waals surface area contributed by atoms with Gasteiger partial charge in [-0.3, -0.25) is 0 Å². The van der Waals surface area contributed by atoms with Crippen LogP contribution in [0.5, 0.6) is 0 Å². The van der Waals surface area contributed by atoms with E-state index in [1.807, 2.05) is 12.1 Å². The van der Waals surface area contributed by atoms with E-state index in [0.29, 0.717) is 41.1 Å². The number of hydrogen-bond acceptors (Lipinski definition) is 5. The van der Waals surface area contributed by atoms with Crippen molar-refractivity contribution in [3.05, 3.63) is 65.0 Å². The molecule has 1 atom stereocenters. The molecule has 2 heterocycles. The van der Waals surface area contributed by atoms with Crippen LogP contribution in [-0.2, 0) is 0 Å². The van der Waals surface area contributed by atoms with Gasteiger partial charge in [0.2, 0.25) is 11.7 Å². The molecule has 1 saturated heterocycles. The summed E-state index contributed by atoms with van der Waals surface area (Å²) in [6.07, 6.45) is 1.71. The maximum absolute atomic E-state index is 12.7. The number of halogens is 1. The first-order valence-electron chi connectivity index (χ1n) is 9.28. The fourth-order valence-electron chi connectivity index (χ4n) is 3.35. The van der Waals surface area contributed by atoms with E-state index in [2.05, 4.69) is 21.5 Å². The van der Waals surface area contributed by atoms with Crippen LogP contribution in [0.3, 0.4) is 0 Å². The summed E-state index contributed by atoms with van der Waals surface area (Å²) in [5, 5.41) is 16.6. The van der Waals surface area contributed by atoms with Crippen molar-refractivity contribution in [1.82, 2.24) is 15.0 Å². The number of carbonyl (C=O) groups is 1. The molecule has 8 heteroatoms. The SMILES string of the molecule is N#Cc1cccc(NC(=O)N2CCCC(c3nc(-c4ccc(Cl)cc4)no3)C2)c1. The maximum Gasteiger partial charge on any atom is 0.321 e. The lowest BCUT2D eigenvalue weighted by Crippen LogP contribution is -2.41. The van der Waals surface area contributed by atoms with Gasteiger partial charge < -0.3 is 14.7 Å². The van der Waals surface area contributed by atoms with Gasteiger partial charge in [-0.05, 0) is 55.3 Å². The second-order valence-corrected chi connectivity index (χ2v) is 7.31. The minimum atomic E-state index is -0.206. The predicted octanol–water partition coefficient (Wildman–Crippen LogP) is 4.67. The molecule has 2 amide bonds. The molecular weight excluding hydrogens is 390 g/mol. The number of rotatable bonds is 3. The standard InChI is InChI=1S/C21H18ClN5O2/c22-17-8-6-15(7-9-17)19-25-20(29-26-19)16-4-2-10-27(13-16)21(28)24-18-5-1-3-14(11-18)12-23/h1,3,5-9,11,16H,2,4,10,13H2,(H,24,28). The Hall–Kier alpha value is -3.37. The molecule has 0 bridgehead atoms. The Labute approximate surface area is 172 Å². The fourth-order valence-corrected chi connectivity index (χ4v) is 3.48. The van der Waals surface area contributed by atoms with Crippen LogP contribution in [0.4, 0.5) is 10.5 Å². The highest BCUT2D eigenvalue weighted by atomic mass is 35.5. The summed E-state index contributed by atoms with van der Waals surface area (Å²) in [5.41, 5.74) is 1.92. The van der Waals surface area contributed by atoms with Crippen LogP contribution in [0, 0.1) is 11.3 Å². The topological polar surface area (TPSA) is 95.1 Å². The molecule has 3 aromatic rings. The summed E-state index contributed by atoms with van der Waals surface area (Å²) in [6, 6.07) is 15.9. The van der Waals surface area contributed by atoms with Crippen LogP contribution in [-0.4, -0.2) is 34.2 Å². The van der Waals surface area contributed by atoms with E-state index in [4.69, 9.17) is 21.4 Å². The molecular formula is C21H18ClN5O2. The smallest absolute Gasteiger partial charge is 0.321 e. The normalized spacial score (nSPS) is 16.3. The minimum Gasteiger partial charge on any atom is -0.339 e. The van der Waals surface area contributed by atoms with Gasteiger partial charge in [0.05, 0.1) is 17.6 Å². The Morgan fingerprint density at radius 1 is 1.28 bits per heavy atom. The molecule has 0 radical (unpaired) electrons. The van der Waals surface area contributed by atoms with E-state index >= 15 is 0 Å². The number of nitriles is 1. The number of piperidine rings is 1. The Bertz CT molecular complexity index is 1060. The number of hydrogen-bond donors (Lipinski definition) is 1. The van der Waals surface area contributed by atoms with Crippen molar-refractivity contribution in [3.8, 4) is 17.5 Å². The van der Waals surface area contributed by atoms with E-state index < -0.39 is 0 Å². The lowest BCUT2D eigenvalue weighted by atomic mass is 9.98. The van der Waals surface area contributed by atoms with E-state index in [1.165, 1.54) is 0 Å². The number of nitrogens with zero attached hydrogens (tertiary/aromatic N) is 4. The van der Waals surface area contributed by atoms with Crippen molar-refractivity contribution in [2.75, 3.05) is 18.4 Å². The van der Waals surface area contributed by atoms with Crippen LogP contribution in [0.1, 0.15) is 30.2 Å². The summed E-state index contributed by atoms with van der Waals surface area (Å²) in [5.74, 6) is 1.01. The molecule has 0 spiro atoms. The highest BCUT2D eigenvalue weighted by Crippen LogP contribution is 2.28. The second kappa shape index (κ2) is 8.33. The fraction of sp³-hybridized carbons (Fsp3) is 0.238. The number of nitrogens with one attached hydrogen (secondary N) is 1. The highest BCUT2D eigenvalue weighted by molar-refractivity contribution is 6.30. The number of aromatic nitrogens is 2. The first kappa shape index (κ1) is 19.0. The molecule has 1 N–H and O–H groups in total. The number of anilines is 1. The molecule has 1 unspecified atom stereocenters. The van der Waals surface area contributed by atoms with Gasteiger partial charge in [-0.2, -0.15) is 10.2 Å². The first-order valence-corrected chi connectivity index (χ1v) is 9.66. The summed E-state index contributed by atoms with van der Waals surface area (Å²) in [4.78, 5) is 18.9. The van der Waals surface area contributed by atoms with Gasteiger partial charge >= 0.3 is 6.03 Å². The average Bonchev–Trinajstić information content (AvgIpc) is 3.25. The Kier molecular flexibility index (Phi) is 5.45. The van der Waals surface area contributed by atoms with Gasteiger partial charge in [0.25, 0.3) is 0 Å². The zero-order chi connectivity index (χ0) is 20.2. The van der Waals surface area contributed by atoms with E-state index in [-0.39, 0.29) is 11.9 Å². The molecule has 146 valence electrons. The van der Waals surface area contributed by atoms with E-state index in [9.17, 15) is 4.79 Å². The van der Waals surface area contributed by atoms with Crippen molar-refractivity contribution in [3.63, 3.8) is 0 Å². The Morgan fingerprint density at radius 2 is 2.10 bits per heavy atom. The first-order chi connectivity index (χ1) is 14.1. The maximum atomic E-state index is 12.7. The summed E-state index contributed by atoms with van der Waals surface area (Å²) < 4.78 is 5.48. The van der Waals surface area contributed by atoms with Crippen LogP contribution in [0.25, 0.3) is 11.4 Å². The number of carbonyl (C=O) groups excluding carboxylic acids is 1. The minimum absolute atomic E-state index is 0.0199. The second-order valence-electron chi connectivity index (χ2n) is 6.87. The molecule has 1 fully saturated rings. The molecule has 1 aromatic heterocycles. The largest absolute Gasteiger partial charge is 0.339 e. The number of urea groups is 1. The van der Waals surface area contributed by atoms with Crippen LogP contribution in [0.2, 0.25) is 5.02 Å². The summed E-state index contributed by atoms with van der Waals surface area (Å²) in [6.45, 7) is 1.14. The van der Waals surface area contributed by atoms with Gasteiger partial charge in [-0.1, -0.05) is 22.8 Å². The molecule has 0 aliphatic carbocycles. The average molecular weight is 408 g/mol. The number of likely N-dealkylation sites (tertiary alicyclic amines) is 1. The van der Waals surface area contributed by atoms with Crippen LogP contribution in [0.15, 0.2) is 53.1 Å². The quantitative estimate of drug-likeness (QED) is 0.680. The molecule has 4 rings (SSSR count). The van der Waals surface area contributed by atoms with Crippen LogP contribution < -0.4 is 5.32 Å². The lowest BCUT2D eigenvalue weighted by molar-refractivity contribution is 0.184. The van der Waals surface area contributed by atoms with Gasteiger partial charge in [-0.15, -0.1) is 0 Å². The molecule has 1 aliphatic rings. The van der Waals surface area contributed by atoms with Crippen molar-refractivity contribution in [2.45, 2.75) is 18.8 Å². The molecule has 1 aliphatic heterocycles. The predicted molar refractivity (Wildman–Crippen MR) is 108 cm³/mol.